The summed E-state index contributed by atoms with van der Waals surface area (Å²) in [6.07, 6.45) is 8.12. The van der Waals surface area contributed by atoms with Gasteiger partial charge >= 0.3 is 0 Å². The van der Waals surface area contributed by atoms with E-state index < -0.39 is 0 Å². The number of aliphatic imine (C=N–C) groups is 1. The quantitative estimate of drug-likeness (QED) is 0.426. The molecule has 0 aromatic heterocycles. The number of hydrogen-bond donors (Lipinski definition) is 2. The topological polar surface area (TPSA) is 39.7 Å². The van der Waals surface area contributed by atoms with Crippen molar-refractivity contribution < 1.29 is 0 Å². The van der Waals surface area contributed by atoms with Crippen molar-refractivity contribution in [1.29, 1.82) is 0 Å². The van der Waals surface area contributed by atoms with Crippen molar-refractivity contribution in [3.05, 3.63) is 0 Å². The fourth-order valence-electron chi connectivity index (χ4n) is 2.82. The van der Waals surface area contributed by atoms with Crippen LogP contribution in [0.5, 0.6) is 0 Å². The molecule has 1 saturated carbocycles. The van der Waals surface area contributed by atoms with Crippen molar-refractivity contribution in [3.63, 3.8) is 0 Å². The smallest absolute Gasteiger partial charge is 0.190 e. The molecule has 0 spiro atoms. The van der Waals surface area contributed by atoms with E-state index in [0.29, 0.717) is 0 Å². The van der Waals surface area contributed by atoms with Gasteiger partial charge in [0.1, 0.15) is 0 Å². The number of guanidine groups is 1. The molecule has 1 saturated heterocycles. The molecule has 20 heavy (non-hydrogen) atoms. The maximum atomic E-state index is 4.28. The molecule has 0 aromatic carbocycles. The van der Waals surface area contributed by atoms with E-state index in [0.717, 1.165) is 30.9 Å². The number of hydrogen-bond acceptors (Lipinski definition) is 2. The van der Waals surface area contributed by atoms with Crippen LogP contribution in [0.15, 0.2) is 4.99 Å². The van der Waals surface area contributed by atoms with Crippen LogP contribution in [-0.2, 0) is 0 Å². The van der Waals surface area contributed by atoms with E-state index in [1.165, 1.54) is 58.2 Å². The Morgan fingerprint density at radius 1 is 1.10 bits per heavy atom. The Morgan fingerprint density at radius 2 is 1.80 bits per heavy atom. The summed E-state index contributed by atoms with van der Waals surface area (Å²) in [5.74, 6) is 2.89. The SMILES string of the molecule is CN=C(NCCCN1CCC(C)CC1)NCCC1CC1. The summed E-state index contributed by atoms with van der Waals surface area (Å²) in [7, 11) is 1.86. The minimum Gasteiger partial charge on any atom is -0.356 e. The Labute approximate surface area is 124 Å². The first-order valence-corrected chi connectivity index (χ1v) is 8.45. The monoisotopic (exact) mass is 280 g/mol. The van der Waals surface area contributed by atoms with Gasteiger partial charge in [-0.15, -0.1) is 0 Å². The lowest BCUT2D eigenvalue weighted by Crippen LogP contribution is -2.40. The third-order valence-electron chi connectivity index (χ3n) is 4.59. The normalized spacial score (nSPS) is 22.0. The van der Waals surface area contributed by atoms with Crippen molar-refractivity contribution in [2.45, 2.75) is 45.4 Å². The van der Waals surface area contributed by atoms with E-state index in [9.17, 15) is 0 Å². The van der Waals surface area contributed by atoms with Gasteiger partial charge in [-0.05, 0) is 57.2 Å². The standard InChI is InChI=1S/C16H32N4/c1-14-7-12-20(13-8-14)11-3-9-18-16(17-2)19-10-6-15-4-5-15/h14-15H,3-13H2,1-2H3,(H2,17,18,19). The minimum absolute atomic E-state index is 0.930. The average Bonchev–Trinajstić information content (AvgIpc) is 3.27. The zero-order valence-electron chi connectivity index (χ0n) is 13.3. The van der Waals surface area contributed by atoms with Crippen molar-refractivity contribution in [2.24, 2.45) is 16.8 Å². The Kier molecular flexibility index (Phi) is 6.64. The fraction of sp³-hybridized carbons (Fsp3) is 0.938. The second kappa shape index (κ2) is 8.50. The first-order chi connectivity index (χ1) is 9.78. The molecule has 2 aliphatic rings. The van der Waals surface area contributed by atoms with Crippen LogP contribution in [-0.4, -0.2) is 50.6 Å². The zero-order valence-corrected chi connectivity index (χ0v) is 13.3. The summed E-state index contributed by atoms with van der Waals surface area (Å²) in [5.41, 5.74) is 0. The molecule has 2 rings (SSSR count). The highest BCUT2D eigenvalue weighted by atomic mass is 15.2. The van der Waals surface area contributed by atoms with Gasteiger partial charge in [-0.2, -0.15) is 0 Å². The summed E-state index contributed by atoms with van der Waals surface area (Å²) >= 11 is 0. The summed E-state index contributed by atoms with van der Waals surface area (Å²) in [6, 6.07) is 0. The van der Waals surface area contributed by atoms with E-state index in [2.05, 4.69) is 27.4 Å². The lowest BCUT2D eigenvalue weighted by molar-refractivity contribution is 0.191. The Morgan fingerprint density at radius 3 is 2.45 bits per heavy atom. The molecule has 0 atom stereocenters. The van der Waals surface area contributed by atoms with Crippen LogP contribution in [0.1, 0.15) is 45.4 Å². The third kappa shape index (κ3) is 6.12. The molecule has 0 amide bonds. The van der Waals surface area contributed by atoms with Gasteiger partial charge < -0.3 is 15.5 Å². The summed E-state index contributed by atoms with van der Waals surface area (Å²) < 4.78 is 0. The van der Waals surface area contributed by atoms with Gasteiger partial charge in [0.05, 0.1) is 0 Å². The van der Waals surface area contributed by atoms with Gasteiger partial charge in [0.2, 0.25) is 0 Å². The minimum atomic E-state index is 0.930. The lowest BCUT2D eigenvalue weighted by Gasteiger charge is -2.30. The van der Waals surface area contributed by atoms with Gasteiger partial charge in [0.15, 0.2) is 5.96 Å². The molecule has 0 aromatic rings. The van der Waals surface area contributed by atoms with E-state index >= 15 is 0 Å². The van der Waals surface area contributed by atoms with E-state index in [-0.39, 0.29) is 0 Å². The second-order valence-corrected chi connectivity index (χ2v) is 6.54. The highest BCUT2D eigenvalue weighted by Gasteiger charge is 2.20. The number of rotatable bonds is 7. The van der Waals surface area contributed by atoms with Crippen LogP contribution in [0, 0.1) is 11.8 Å². The highest BCUT2D eigenvalue weighted by Crippen LogP contribution is 2.31. The molecule has 4 nitrogen and oxygen atoms in total. The zero-order chi connectivity index (χ0) is 14.2. The number of nitrogens with zero attached hydrogens (tertiary/aromatic N) is 2. The average molecular weight is 280 g/mol. The molecular formula is C16H32N4. The molecular weight excluding hydrogens is 248 g/mol. The molecule has 1 heterocycles. The summed E-state index contributed by atoms with van der Waals surface area (Å²) in [4.78, 5) is 6.88. The largest absolute Gasteiger partial charge is 0.356 e. The van der Waals surface area contributed by atoms with E-state index in [4.69, 9.17) is 0 Å². The van der Waals surface area contributed by atoms with Crippen LogP contribution in [0.4, 0.5) is 0 Å². The molecule has 0 bridgehead atoms. The van der Waals surface area contributed by atoms with Crippen LogP contribution in [0.25, 0.3) is 0 Å². The number of nitrogens with one attached hydrogen (secondary N) is 2. The van der Waals surface area contributed by atoms with Crippen molar-refractivity contribution in [2.75, 3.05) is 39.8 Å². The van der Waals surface area contributed by atoms with Gasteiger partial charge in [-0.3, -0.25) is 4.99 Å². The molecule has 1 aliphatic carbocycles. The van der Waals surface area contributed by atoms with Gasteiger partial charge in [-0.1, -0.05) is 19.8 Å². The predicted octanol–water partition coefficient (Wildman–Crippen LogP) is 2.07. The van der Waals surface area contributed by atoms with E-state index in [1.54, 1.807) is 0 Å². The maximum Gasteiger partial charge on any atom is 0.190 e. The van der Waals surface area contributed by atoms with Crippen LogP contribution in [0.2, 0.25) is 0 Å². The first-order valence-electron chi connectivity index (χ1n) is 8.45. The molecule has 116 valence electrons. The summed E-state index contributed by atoms with van der Waals surface area (Å²) in [5, 5.41) is 6.83. The highest BCUT2D eigenvalue weighted by molar-refractivity contribution is 5.79. The van der Waals surface area contributed by atoms with Crippen LogP contribution >= 0.6 is 0 Å². The predicted molar refractivity (Wildman–Crippen MR) is 86.2 cm³/mol. The molecule has 2 fully saturated rings. The van der Waals surface area contributed by atoms with Gasteiger partial charge in [0, 0.05) is 20.1 Å². The van der Waals surface area contributed by atoms with Gasteiger partial charge in [-0.25, -0.2) is 0 Å². The fourth-order valence-corrected chi connectivity index (χ4v) is 2.82. The van der Waals surface area contributed by atoms with E-state index in [1.807, 2.05) is 7.05 Å². The summed E-state index contributed by atoms with van der Waals surface area (Å²) in [6.45, 7) is 8.25. The third-order valence-corrected chi connectivity index (χ3v) is 4.59. The van der Waals surface area contributed by atoms with Crippen molar-refractivity contribution >= 4 is 5.96 Å². The molecule has 2 N–H and O–H groups in total. The Bertz CT molecular complexity index is 291. The Balaban J connectivity index is 1.48. The van der Waals surface area contributed by atoms with Crippen LogP contribution < -0.4 is 10.6 Å². The van der Waals surface area contributed by atoms with Crippen LogP contribution in [0.3, 0.4) is 0 Å². The number of likely N-dealkylation sites (tertiary alicyclic amines) is 1. The molecule has 0 radical (unpaired) electrons. The number of piperidine rings is 1. The molecule has 1 aliphatic heterocycles. The van der Waals surface area contributed by atoms with Crippen molar-refractivity contribution in [3.8, 4) is 0 Å². The molecule has 0 unspecified atom stereocenters. The Hall–Kier alpha value is -0.770. The maximum absolute atomic E-state index is 4.28. The first kappa shape index (κ1) is 15.6. The van der Waals surface area contributed by atoms with Gasteiger partial charge in [0.25, 0.3) is 0 Å². The van der Waals surface area contributed by atoms with Crippen molar-refractivity contribution in [1.82, 2.24) is 15.5 Å². The second-order valence-electron chi connectivity index (χ2n) is 6.54. The molecule has 4 heteroatoms. The lowest BCUT2D eigenvalue weighted by atomic mass is 9.99.